The van der Waals surface area contributed by atoms with Crippen LogP contribution in [0, 0.1) is 0 Å². The number of hydrogen-bond acceptors (Lipinski definition) is 2. The van der Waals surface area contributed by atoms with Crippen LogP contribution in [0.1, 0.15) is 15.9 Å². The molecule has 108 valence electrons. The number of amides is 1. The van der Waals surface area contributed by atoms with Crippen molar-refractivity contribution in [3.05, 3.63) is 82.9 Å². The summed E-state index contributed by atoms with van der Waals surface area (Å²) in [7, 11) is 0. The summed E-state index contributed by atoms with van der Waals surface area (Å²) in [5.41, 5.74) is 3.94. The fraction of sp³-hybridized carbons (Fsp3) is 0. The molecule has 0 fully saturated rings. The van der Waals surface area contributed by atoms with E-state index >= 15 is 0 Å². The summed E-state index contributed by atoms with van der Waals surface area (Å²) in [6.45, 7) is 0. The molecule has 0 aromatic heterocycles. The summed E-state index contributed by atoms with van der Waals surface area (Å²) < 4.78 is 0. The van der Waals surface area contributed by atoms with Gasteiger partial charge >= 0.3 is 0 Å². The topological polar surface area (TPSA) is 41.5 Å². The first kappa shape index (κ1) is 14.3. The Kier molecular flexibility index (Phi) is 4.17. The quantitative estimate of drug-likeness (QED) is 0.570. The van der Waals surface area contributed by atoms with E-state index < -0.39 is 0 Å². The van der Waals surface area contributed by atoms with Crippen molar-refractivity contribution in [3.63, 3.8) is 0 Å². The van der Waals surface area contributed by atoms with E-state index in [-0.39, 0.29) is 5.91 Å². The predicted molar refractivity (Wildman–Crippen MR) is 90.5 cm³/mol. The van der Waals surface area contributed by atoms with Gasteiger partial charge in [0.1, 0.15) is 0 Å². The van der Waals surface area contributed by atoms with Gasteiger partial charge in [-0.05, 0) is 46.7 Å². The van der Waals surface area contributed by atoms with Crippen LogP contribution in [0.25, 0.3) is 10.8 Å². The number of rotatable bonds is 3. The van der Waals surface area contributed by atoms with Gasteiger partial charge in [0.2, 0.25) is 0 Å². The molecule has 1 amide bonds. The van der Waals surface area contributed by atoms with Crippen molar-refractivity contribution in [2.45, 2.75) is 0 Å². The van der Waals surface area contributed by atoms with Crippen molar-refractivity contribution in [1.82, 2.24) is 5.43 Å². The van der Waals surface area contributed by atoms with E-state index in [2.05, 4.69) is 16.6 Å². The highest BCUT2D eigenvalue weighted by molar-refractivity contribution is 6.30. The van der Waals surface area contributed by atoms with E-state index in [4.69, 9.17) is 11.6 Å². The molecular formula is C18H13ClN2O. The van der Waals surface area contributed by atoms with Crippen LogP contribution in [0.5, 0.6) is 0 Å². The Morgan fingerprint density at radius 3 is 2.45 bits per heavy atom. The molecule has 0 saturated heterocycles. The van der Waals surface area contributed by atoms with Crippen molar-refractivity contribution in [2.24, 2.45) is 5.10 Å². The molecule has 0 atom stereocenters. The highest BCUT2D eigenvalue weighted by Gasteiger charge is 2.03. The number of nitrogens with one attached hydrogen (secondary N) is 1. The molecule has 1 N–H and O–H groups in total. The molecule has 0 unspecified atom stereocenters. The Balaban J connectivity index is 1.70. The van der Waals surface area contributed by atoms with Crippen molar-refractivity contribution in [2.75, 3.05) is 0 Å². The molecule has 0 saturated carbocycles. The lowest BCUT2D eigenvalue weighted by Gasteiger charge is -2.01. The van der Waals surface area contributed by atoms with Gasteiger partial charge in [-0.15, -0.1) is 0 Å². The summed E-state index contributed by atoms with van der Waals surface area (Å²) in [6.07, 6.45) is 1.63. The van der Waals surface area contributed by atoms with Gasteiger partial charge < -0.3 is 0 Å². The zero-order valence-electron chi connectivity index (χ0n) is 11.7. The number of nitrogens with zero attached hydrogens (tertiary/aromatic N) is 1. The average Bonchev–Trinajstić information content (AvgIpc) is 2.55. The molecule has 0 radical (unpaired) electrons. The minimum absolute atomic E-state index is 0.270. The van der Waals surface area contributed by atoms with Crippen LogP contribution >= 0.6 is 11.6 Å². The molecule has 0 aliphatic heterocycles. The van der Waals surface area contributed by atoms with E-state index in [0.717, 1.165) is 10.9 Å². The SMILES string of the molecule is O=C(NN=Cc1ccc2ccccc2c1)c1ccc(Cl)cc1. The van der Waals surface area contributed by atoms with Gasteiger partial charge in [0.25, 0.3) is 5.91 Å². The fourth-order valence-electron chi connectivity index (χ4n) is 2.12. The minimum Gasteiger partial charge on any atom is -0.267 e. The Hall–Kier alpha value is -2.65. The van der Waals surface area contributed by atoms with Gasteiger partial charge in [0, 0.05) is 10.6 Å². The number of halogens is 1. The maximum Gasteiger partial charge on any atom is 0.271 e. The Morgan fingerprint density at radius 1 is 0.955 bits per heavy atom. The molecule has 4 heteroatoms. The first-order valence-corrected chi connectivity index (χ1v) is 7.18. The fourth-order valence-corrected chi connectivity index (χ4v) is 2.25. The van der Waals surface area contributed by atoms with Crippen molar-refractivity contribution >= 4 is 34.5 Å². The maximum atomic E-state index is 11.9. The summed E-state index contributed by atoms with van der Waals surface area (Å²) in [5.74, 6) is -0.270. The van der Waals surface area contributed by atoms with Crippen molar-refractivity contribution in [1.29, 1.82) is 0 Å². The first-order chi connectivity index (χ1) is 10.7. The second-order valence-electron chi connectivity index (χ2n) is 4.81. The van der Waals surface area contributed by atoms with E-state index in [1.54, 1.807) is 30.5 Å². The van der Waals surface area contributed by atoms with Crippen LogP contribution in [0.15, 0.2) is 71.8 Å². The van der Waals surface area contributed by atoms with Crippen molar-refractivity contribution < 1.29 is 4.79 Å². The van der Waals surface area contributed by atoms with Gasteiger partial charge in [0.15, 0.2) is 0 Å². The van der Waals surface area contributed by atoms with Gasteiger partial charge in [-0.3, -0.25) is 4.79 Å². The van der Waals surface area contributed by atoms with E-state index in [1.807, 2.05) is 36.4 Å². The zero-order chi connectivity index (χ0) is 15.4. The third kappa shape index (κ3) is 3.32. The normalized spacial score (nSPS) is 11.0. The van der Waals surface area contributed by atoms with Gasteiger partial charge in [-0.2, -0.15) is 5.10 Å². The van der Waals surface area contributed by atoms with Crippen molar-refractivity contribution in [3.8, 4) is 0 Å². The number of carbonyl (C=O) groups is 1. The second-order valence-corrected chi connectivity index (χ2v) is 5.25. The lowest BCUT2D eigenvalue weighted by Crippen LogP contribution is -2.17. The molecule has 3 aromatic rings. The van der Waals surface area contributed by atoms with Crippen LogP contribution in [-0.2, 0) is 0 Å². The summed E-state index contributed by atoms with van der Waals surface area (Å²) in [5, 5.41) is 6.89. The van der Waals surface area contributed by atoms with Gasteiger partial charge in [-0.1, -0.05) is 48.0 Å². The first-order valence-electron chi connectivity index (χ1n) is 6.80. The molecule has 0 heterocycles. The van der Waals surface area contributed by atoms with Crippen LogP contribution in [-0.4, -0.2) is 12.1 Å². The highest BCUT2D eigenvalue weighted by atomic mass is 35.5. The lowest BCUT2D eigenvalue weighted by molar-refractivity contribution is 0.0955. The third-order valence-corrected chi connectivity index (χ3v) is 3.51. The monoisotopic (exact) mass is 308 g/mol. The molecule has 0 aliphatic rings. The molecular weight excluding hydrogens is 296 g/mol. The van der Waals surface area contributed by atoms with Gasteiger partial charge in [0.05, 0.1) is 6.21 Å². The molecule has 3 rings (SSSR count). The standard InChI is InChI=1S/C18H13ClN2O/c19-17-9-7-15(8-10-17)18(22)21-20-12-13-5-6-14-3-1-2-4-16(14)11-13/h1-12H,(H,21,22). The number of benzene rings is 3. The number of carbonyl (C=O) groups excluding carboxylic acids is 1. The number of hydrazone groups is 1. The number of fused-ring (bicyclic) bond motifs is 1. The lowest BCUT2D eigenvalue weighted by atomic mass is 10.1. The highest BCUT2D eigenvalue weighted by Crippen LogP contribution is 2.14. The predicted octanol–water partition coefficient (Wildman–Crippen LogP) is 4.26. The summed E-state index contributed by atoms with van der Waals surface area (Å²) in [6, 6.07) is 20.7. The van der Waals surface area contributed by atoms with Crippen LogP contribution in [0.4, 0.5) is 0 Å². The van der Waals surface area contributed by atoms with E-state index in [1.165, 1.54) is 5.39 Å². The summed E-state index contributed by atoms with van der Waals surface area (Å²) >= 11 is 5.79. The largest absolute Gasteiger partial charge is 0.271 e. The third-order valence-electron chi connectivity index (χ3n) is 3.26. The smallest absolute Gasteiger partial charge is 0.267 e. The minimum atomic E-state index is -0.270. The van der Waals surface area contributed by atoms with Gasteiger partial charge in [-0.25, -0.2) is 5.43 Å². The molecule has 3 nitrogen and oxygen atoms in total. The van der Waals surface area contributed by atoms with E-state index in [9.17, 15) is 4.79 Å². The zero-order valence-corrected chi connectivity index (χ0v) is 12.4. The van der Waals surface area contributed by atoms with Crippen LogP contribution in [0.2, 0.25) is 5.02 Å². The molecule has 0 spiro atoms. The average molecular weight is 309 g/mol. The Morgan fingerprint density at radius 2 is 1.68 bits per heavy atom. The number of hydrogen-bond donors (Lipinski definition) is 1. The summed E-state index contributed by atoms with van der Waals surface area (Å²) in [4.78, 5) is 11.9. The second kappa shape index (κ2) is 6.41. The van der Waals surface area contributed by atoms with Crippen LogP contribution in [0.3, 0.4) is 0 Å². The molecule has 0 aliphatic carbocycles. The molecule has 3 aromatic carbocycles. The Labute approximate surface area is 133 Å². The van der Waals surface area contributed by atoms with Crippen LogP contribution < -0.4 is 5.43 Å². The van der Waals surface area contributed by atoms with E-state index in [0.29, 0.717) is 10.6 Å². The molecule has 22 heavy (non-hydrogen) atoms. The maximum absolute atomic E-state index is 11.9. The molecule has 0 bridgehead atoms. The Bertz CT molecular complexity index is 841.